The smallest absolute Gasteiger partial charge is 0.319 e. The molecule has 3 aromatic carbocycles. The van der Waals surface area contributed by atoms with Crippen LogP contribution >= 0.6 is 34.8 Å². The molecule has 34 heavy (non-hydrogen) atoms. The topological polar surface area (TPSA) is 44.4 Å². The number of benzene rings is 3. The number of carbonyl (C=O) groups is 1. The maximum Gasteiger partial charge on any atom is 0.319 e. The highest BCUT2D eigenvalue weighted by atomic mass is 35.5. The minimum absolute atomic E-state index is 0.218. The average Bonchev–Trinajstić information content (AvgIpc) is 2.80. The largest absolute Gasteiger partial charge is 0.337 e. The summed E-state index contributed by atoms with van der Waals surface area (Å²) in [5.41, 5.74) is 4.01. The number of anilines is 1. The number of nitrogens with zero attached hydrogens (tertiary/aromatic N) is 1. The zero-order chi connectivity index (χ0) is 24.1. The Labute approximate surface area is 216 Å². The van der Waals surface area contributed by atoms with Crippen molar-refractivity contribution in [3.05, 3.63) is 87.4 Å². The van der Waals surface area contributed by atoms with Crippen molar-refractivity contribution in [2.45, 2.75) is 18.8 Å². The van der Waals surface area contributed by atoms with Crippen LogP contribution in [0.5, 0.6) is 0 Å². The van der Waals surface area contributed by atoms with Crippen LogP contribution in [0.1, 0.15) is 24.3 Å². The molecule has 0 bridgehead atoms. The molecule has 0 spiro atoms. The fourth-order valence-corrected chi connectivity index (χ4v) is 5.30. The van der Waals surface area contributed by atoms with Crippen molar-refractivity contribution in [2.75, 3.05) is 32.0 Å². The number of rotatable bonds is 6. The van der Waals surface area contributed by atoms with Gasteiger partial charge in [-0.2, -0.15) is 0 Å². The fraction of sp³-hybridized carbons (Fsp3) is 0.296. The molecule has 1 saturated heterocycles. The van der Waals surface area contributed by atoms with Crippen molar-refractivity contribution in [2.24, 2.45) is 5.92 Å². The summed E-state index contributed by atoms with van der Waals surface area (Å²) in [6, 6.07) is 21.2. The number of carbonyl (C=O) groups excluding carboxylic acids is 1. The lowest BCUT2D eigenvalue weighted by Gasteiger charge is -2.35. The maximum atomic E-state index is 12.6. The lowest BCUT2D eigenvalue weighted by Crippen LogP contribution is -2.38. The van der Waals surface area contributed by atoms with Crippen LogP contribution in [0.3, 0.4) is 0 Å². The van der Waals surface area contributed by atoms with E-state index >= 15 is 0 Å². The van der Waals surface area contributed by atoms with Crippen LogP contribution in [0.4, 0.5) is 10.5 Å². The first-order chi connectivity index (χ1) is 16.4. The number of urea groups is 1. The third-order valence-corrected chi connectivity index (χ3v) is 7.10. The van der Waals surface area contributed by atoms with Crippen LogP contribution < -0.4 is 10.6 Å². The van der Waals surface area contributed by atoms with Crippen LogP contribution in [-0.2, 0) is 0 Å². The standard InChI is InChI=1S/C27H28Cl3N3O/c1-33-11-9-20(10-12-33)26(17-31-27(34)32-25-15-23(29)14-24(30)16-25)19-7-5-18(6-8-19)21-3-2-4-22(28)13-21/h2-8,13-16,20,26H,9-12,17H2,1H3,(H2,31,32,34). The predicted octanol–water partition coefficient (Wildman–Crippen LogP) is 7.56. The quantitative estimate of drug-likeness (QED) is 0.355. The molecule has 0 saturated carbocycles. The lowest BCUT2D eigenvalue weighted by molar-refractivity contribution is 0.195. The molecule has 7 heteroatoms. The summed E-state index contributed by atoms with van der Waals surface area (Å²) in [5, 5.41) is 7.58. The summed E-state index contributed by atoms with van der Waals surface area (Å²) in [6.45, 7) is 2.68. The van der Waals surface area contributed by atoms with Crippen LogP contribution in [0.2, 0.25) is 15.1 Å². The van der Waals surface area contributed by atoms with E-state index in [1.165, 1.54) is 5.56 Å². The second kappa shape index (κ2) is 11.5. The van der Waals surface area contributed by atoms with E-state index in [0.29, 0.717) is 28.2 Å². The molecule has 2 N–H and O–H groups in total. The highest BCUT2D eigenvalue weighted by Gasteiger charge is 2.27. The van der Waals surface area contributed by atoms with Crippen molar-refractivity contribution in [3.8, 4) is 11.1 Å². The summed E-state index contributed by atoms with van der Waals surface area (Å²) in [4.78, 5) is 15.0. The van der Waals surface area contributed by atoms with Gasteiger partial charge in [-0.3, -0.25) is 0 Å². The molecule has 178 valence electrons. The molecule has 0 aromatic heterocycles. The van der Waals surface area contributed by atoms with Crippen molar-refractivity contribution < 1.29 is 4.79 Å². The molecular weight excluding hydrogens is 489 g/mol. The van der Waals surface area contributed by atoms with E-state index in [0.717, 1.165) is 42.1 Å². The highest BCUT2D eigenvalue weighted by molar-refractivity contribution is 6.35. The van der Waals surface area contributed by atoms with E-state index < -0.39 is 0 Å². The molecule has 1 atom stereocenters. The number of halogens is 3. The van der Waals surface area contributed by atoms with Crippen molar-refractivity contribution in [1.29, 1.82) is 0 Å². The SMILES string of the molecule is CN1CCC(C(CNC(=O)Nc2cc(Cl)cc(Cl)c2)c2ccc(-c3cccc(Cl)c3)cc2)CC1. The Morgan fingerprint density at radius 3 is 2.24 bits per heavy atom. The number of amides is 2. The van der Waals surface area contributed by atoms with E-state index in [9.17, 15) is 4.79 Å². The Morgan fingerprint density at radius 2 is 1.59 bits per heavy atom. The van der Waals surface area contributed by atoms with Gasteiger partial charge in [0.2, 0.25) is 0 Å². The Balaban J connectivity index is 1.48. The van der Waals surface area contributed by atoms with Crippen molar-refractivity contribution >= 4 is 46.5 Å². The zero-order valence-corrected chi connectivity index (χ0v) is 21.3. The third-order valence-electron chi connectivity index (χ3n) is 6.43. The number of piperidine rings is 1. The van der Waals surface area contributed by atoms with Gasteiger partial charge >= 0.3 is 6.03 Å². The minimum atomic E-state index is -0.271. The molecule has 1 fully saturated rings. The van der Waals surface area contributed by atoms with E-state index in [1.807, 2.05) is 18.2 Å². The van der Waals surface area contributed by atoms with Gasteiger partial charge in [0, 0.05) is 33.2 Å². The fourth-order valence-electron chi connectivity index (χ4n) is 4.58. The first kappa shape index (κ1) is 24.9. The van der Waals surface area contributed by atoms with Crippen LogP contribution in [-0.4, -0.2) is 37.6 Å². The Kier molecular flexibility index (Phi) is 8.38. The Hall–Kier alpha value is -2.24. The number of nitrogens with one attached hydrogen (secondary N) is 2. The average molecular weight is 517 g/mol. The summed E-state index contributed by atoms with van der Waals surface area (Å²) in [7, 11) is 2.16. The third kappa shape index (κ3) is 6.67. The van der Waals surface area contributed by atoms with E-state index in [1.54, 1.807) is 18.2 Å². The van der Waals surface area contributed by atoms with Crippen LogP contribution in [0.15, 0.2) is 66.7 Å². The molecule has 0 aliphatic carbocycles. The van der Waals surface area contributed by atoms with Gasteiger partial charge in [-0.05, 0) is 85.9 Å². The first-order valence-electron chi connectivity index (χ1n) is 11.4. The second-order valence-electron chi connectivity index (χ2n) is 8.87. The van der Waals surface area contributed by atoms with E-state index in [2.05, 4.69) is 52.9 Å². The monoisotopic (exact) mass is 515 g/mol. The Morgan fingerprint density at radius 1 is 0.912 bits per heavy atom. The summed E-state index contributed by atoms with van der Waals surface area (Å²) in [5.74, 6) is 0.713. The lowest BCUT2D eigenvalue weighted by atomic mass is 9.79. The molecule has 4 nitrogen and oxygen atoms in total. The summed E-state index contributed by atoms with van der Waals surface area (Å²) < 4.78 is 0. The van der Waals surface area contributed by atoms with E-state index in [-0.39, 0.29) is 11.9 Å². The summed E-state index contributed by atoms with van der Waals surface area (Å²) in [6.07, 6.45) is 2.20. The molecule has 1 heterocycles. The van der Waals surface area contributed by atoms with Gasteiger partial charge in [0.05, 0.1) is 0 Å². The van der Waals surface area contributed by atoms with Crippen LogP contribution in [0.25, 0.3) is 11.1 Å². The molecule has 3 aromatic rings. The molecule has 2 amide bonds. The van der Waals surface area contributed by atoms with Gasteiger partial charge in [-0.25, -0.2) is 4.79 Å². The van der Waals surface area contributed by atoms with Gasteiger partial charge in [0.15, 0.2) is 0 Å². The molecule has 1 aliphatic heterocycles. The molecular formula is C27H28Cl3N3O. The zero-order valence-electron chi connectivity index (χ0n) is 19.0. The van der Waals surface area contributed by atoms with Gasteiger partial charge < -0.3 is 15.5 Å². The molecule has 1 aliphatic rings. The second-order valence-corrected chi connectivity index (χ2v) is 10.2. The first-order valence-corrected chi connectivity index (χ1v) is 12.6. The van der Waals surface area contributed by atoms with Gasteiger partial charge in [0.25, 0.3) is 0 Å². The number of hydrogen-bond acceptors (Lipinski definition) is 2. The van der Waals surface area contributed by atoms with Crippen molar-refractivity contribution in [3.63, 3.8) is 0 Å². The molecule has 0 radical (unpaired) electrons. The normalized spacial score (nSPS) is 15.6. The van der Waals surface area contributed by atoms with Crippen molar-refractivity contribution in [1.82, 2.24) is 10.2 Å². The highest BCUT2D eigenvalue weighted by Crippen LogP contribution is 2.34. The maximum absolute atomic E-state index is 12.6. The summed E-state index contributed by atoms with van der Waals surface area (Å²) >= 11 is 18.3. The predicted molar refractivity (Wildman–Crippen MR) is 143 cm³/mol. The minimum Gasteiger partial charge on any atom is -0.337 e. The molecule has 1 unspecified atom stereocenters. The van der Waals surface area contributed by atoms with Crippen LogP contribution in [0, 0.1) is 5.92 Å². The van der Waals surface area contributed by atoms with Gasteiger partial charge in [-0.15, -0.1) is 0 Å². The number of likely N-dealkylation sites (tertiary alicyclic amines) is 1. The number of hydrogen-bond donors (Lipinski definition) is 2. The van der Waals surface area contributed by atoms with Gasteiger partial charge in [0.1, 0.15) is 0 Å². The van der Waals surface area contributed by atoms with Gasteiger partial charge in [-0.1, -0.05) is 71.2 Å². The molecule has 4 rings (SSSR count). The van der Waals surface area contributed by atoms with E-state index in [4.69, 9.17) is 34.8 Å². The Bertz CT molecular complexity index is 1110.